The van der Waals surface area contributed by atoms with Crippen LogP contribution in [0.5, 0.6) is 0 Å². The van der Waals surface area contributed by atoms with Gasteiger partial charge in [-0.05, 0) is 19.1 Å². The molecule has 6 heteroatoms. The molecule has 0 aliphatic carbocycles. The second kappa shape index (κ2) is 4.48. The Kier molecular flexibility index (Phi) is 3.52. The Hall–Kier alpha value is -1.30. The maximum atomic E-state index is 11.4. The number of sulfone groups is 1. The average Bonchev–Trinajstić information content (AvgIpc) is 2.50. The number of amides is 1. The minimum absolute atomic E-state index is 0.0839. The van der Waals surface area contributed by atoms with E-state index in [2.05, 4.69) is 5.32 Å². The van der Waals surface area contributed by atoms with Crippen molar-refractivity contribution >= 4 is 15.7 Å². The van der Waals surface area contributed by atoms with Crippen LogP contribution in [-0.4, -0.2) is 32.4 Å². The van der Waals surface area contributed by atoms with Crippen molar-refractivity contribution in [3.63, 3.8) is 0 Å². The quantitative estimate of drug-likeness (QED) is 0.815. The van der Waals surface area contributed by atoms with E-state index in [1.807, 2.05) is 0 Å². The first-order chi connectivity index (χ1) is 6.88. The highest BCUT2D eigenvalue weighted by atomic mass is 32.2. The summed E-state index contributed by atoms with van der Waals surface area (Å²) >= 11 is 0. The van der Waals surface area contributed by atoms with E-state index in [9.17, 15) is 13.2 Å². The molecular formula is C9H13NO4S. The van der Waals surface area contributed by atoms with Crippen LogP contribution in [-0.2, 0) is 9.84 Å². The van der Waals surface area contributed by atoms with E-state index in [0.29, 0.717) is 0 Å². The zero-order chi connectivity index (χ0) is 11.5. The fourth-order valence-electron chi connectivity index (χ4n) is 1.20. The largest absolute Gasteiger partial charge is 0.459 e. The van der Waals surface area contributed by atoms with Crippen LogP contribution in [0.1, 0.15) is 17.5 Å². The number of rotatable bonds is 4. The van der Waals surface area contributed by atoms with E-state index >= 15 is 0 Å². The Morgan fingerprint density at radius 3 is 2.73 bits per heavy atom. The van der Waals surface area contributed by atoms with E-state index in [1.54, 1.807) is 13.0 Å². The van der Waals surface area contributed by atoms with Crippen LogP contribution in [0.2, 0.25) is 0 Å². The van der Waals surface area contributed by atoms with Crippen molar-refractivity contribution in [2.45, 2.75) is 13.0 Å². The Morgan fingerprint density at radius 1 is 1.60 bits per heavy atom. The zero-order valence-electron chi connectivity index (χ0n) is 8.56. The predicted octanol–water partition coefficient (Wildman–Crippen LogP) is 0.442. The molecule has 0 aliphatic rings. The molecule has 84 valence electrons. The number of nitrogens with one attached hydrogen (secondary N) is 1. The van der Waals surface area contributed by atoms with E-state index in [0.717, 1.165) is 6.26 Å². The van der Waals surface area contributed by atoms with Crippen molar-refractivity contribution in [1.29, 1.82) is 0 Å². The highest BCUT2D eigenvalue weighted by molar-refractivity contribution is 7.90. The lowest BCUT2D eigenvalue weighted by Crippen LogP contribution is -2.37. The second-order valence-electron chi connectivity index (χ2n) is 3.44. The van der Waals surface area contributed by atoms with Gasteiger partial charge in [-0.15, -0.1) is 0 Å². The van der Waals surface area contributed by atoms with Crippen molar-refractivity contribution in [3.8, 4) is 0 Å². The molecule has 1 rings (SSSR count). The summed E-state index contributed by atoms with van der Waals surface area (Å²) in [6.07, 6.45) is 2.51. The lowest BCUT2D eigenvalue weighted by atomic mass is 10.3. The monoisotopic (exact) mass is 231 g/mol. The van der Waals surface area contributed by atoms with Crippen molar-refractivity contribution in [1.82, 2.24) is 5.32 Å². The van der Waals surface area contributed by atoms with E-state index in [1.165, 1.54) is 12.3 Å². The third-order valence-electron chi connectivity index (χ3n) is 1.68. The predicted molar refractivity (Wildman–Crippen MR) is 55.3 cm³/mol. The van der Waals surface area contributed by atoms with Gasteiger partial charge < -0.3 is 9.73 Å². The van der Waals surface area contributed by atoms with Gasteiger partial charge in [0.15, 0.2) is 5.76 Å². The van der Waals surface area contributed by atoms with Crippen LogP contribution in [0, 0.1) is 0 Å². The van der Waals surface area contributed by atoms with Crippen LogP contribution < -0.4 is 5.32 Å². The number of hydrogen-bond acceptors (Lipinski definition) is 4. The molecule has 5 nitrogen and oxygen atoms in total. The average molecular weight is 231 g/mol. The van der Waals surface area contributed by atoms with Gasteiger partial charge in [0.2, 0.25) is 0 Å². The Morgan fingerprint density at radius 2 is 2.27 bits per heavy atom. The third kappa shape index (κ3) is 4.16. The fraction of sp³-hybridized carbons (Fsp3) is 0.444. The van der Waals surface area contributed by atoms with Gasteiger partial charge in [0.25, 0.3) is 5.91 Å². The summed E-state index contributed by atoms with van der Waals surface area (Å²) in [5.41, 5.74) is 0. The highest BCUT2D eigenvalue weighted by Crippen LogP contribution is 2.00. The van der Waals surface area contributed by atoms with Gasteiger partial charge in [0.1, 0.15) is 9.84 Å². The topological polar surface area (TPSA) is 76.4 Å². The summed E-state index contributed by atoms with van der Waals surface area (Å²) in [5, 5.41) is 2.53. The van der Waals surface area contributed by atoms with Crippen molar-refractivity contribution in [2.24, 2.45) is 0 Å². The summed E-state index contributed by atoms with van der Waals surface area (Å²) in [4.78, 5) is 11.4. The summed E-state index contributed by atoms with van der Waals surface area (Å²) in [6, 6.07) is 2.68. The molecule has 0 bridgehead atoms. The summed E-state index contributed by atoms with van der Waals surface area (Å²) in [5.74, 6) is -0.314. The molecule has 1 aromatic rings. The first-order valence-corrected chi connectivity index (χ1v) is 6.46. The normalized spacial score (nSPS) is 13.5. The Balaban J connectivity index is 2.53. The van der Waals surface area contributed by atoms with Crippen molar-refractivity contribution in [2.75, 3.05) is 12.0 Å². The van der Waals surface area contributed by atoms with Crippen LogP contribution in [0.15, 0.2) is 22.8 Å². The first-order valence-electron chi connectivity index (χ1n) is 4.40. The van der Waals surface area contributed by atoms with E-state index in [-0.39, 0.29) is 11.5 Å². The molecule has 1 N–H and O–H groups in total. The maximum absolute atomic E-state index is 11.4. The molecule has 1 unspecified atom stereocenters. The van der Waals surface area contributed by atoms with Gasteiger partial charge in [-0.25, -0.2) is 8.42 Å². The molecule has 0 spiro atoms. The Bertz CT molecular complexity index is 421. The third-order valence-corrected chi connectivity index (χ3v) is 2.78. The molecule has 1 aromatic heterocycles. The van der Waals surface area contributed by atoms with Gasteiger partial charge in [0.05, 0.1) is 12.0 Å². The van der Waals surface area contributed by atoms with Crippen molar-refractivity contribution in [3.05, 3.63) is 24.2 Å². The minimum Gasteiger partial charge on any atom is -0.459 e. The zero-order valence-corrected chi connectivity index (χ0v) is 9.37. The van der Waals surface area contributed by atoms with Crippen LogP contribution in [0.4, 0.5) is 0 Å². The highest BCUT2D eigenvalue weighted by Gasteiger charge is 2.15. The number of carbonyl (C=O) groups is 1. The van der Waals surface area contributed by atoms with Gasteiger partial charge in [-0.1, -0.05) is 0 Å². The molecule has 0 aromatic carbocycles. The minimum atomic E-state index is -3.08. The van der Waals surface area contributed by atoms with Crippen LogP contribution >= 0.6 is 0 Å². The SMILES string of the molecule is CC(CS(C)(=O)=O)NC(=O)c1ccco1. The van der Waals surface area contributed by atoms with Gasteiger partial charge >= 0.3 is 0 Å². The first kappa shape index (κ1) is 11.8. The lowest BCUT2D eigenvalue weighted by molar-refractivity contribution is 0.0915. The van der Waals surface area contributed by atoms with E-state index < -0.39 is 21.8 Å². The van der Waals surface area contributed by atoms with Crippen LogP contribution in [0.25, 0.3) is 0 Å². The van der Waals surface area contributed by atoms with Crippen LogP contribution in [0.3, 0.4) is 0 Å². The summed E-state index contributed by atoms with van der Waals surface area (Å²) in [7, 11) is -3.08. The maximum Gasteiger partial charge on any atom is 0.287 e. The molecule has 15 heavy (non-hydrogen) atoms. The van der Waals surface area contributed by atoms with Gasteiger partial charge in [-0.3, -0.25) is 4.79 Å². The molecule has 1 amide bonds. The van der Waals surface area contributed by atoms with Gasteiger partial charge in [-0.2, -0.15) is 0 Å². The Labute approximate surface area is 88.4 Å². The smallest absolute Gasteiger partial charge is 0.287 e. The molecule has 0 aliphatic heterocycles. The molecule has 0 fully saturated rings. The van der Waals surface area contributed by atoms with E-state index in [4.69, 9.17) is 4.42 Å². The number of furan rings is 1. The molecular weight excluding hydrogens is 218 g/mol. The number of hydrogen-bond donors (Lipinski definition) is 1. The number of carbonyl (C=O) groups excluding carboxylic acids is 1. The second-order valence-corrected chi connectivity index (χ2v) is 5.63. The van der Waals surface area contributed by atoms with Crippen molar-refractivity contribution < 1.29 is 17.6 Å². The fourth-order valence-corrected chi connectivity index (χ4v) is 2.19. The molecule has 0 radical (unpaired) electrons. The van der Waals surface area contributed by atoms with Gasteiger partial charge in [0, 0.05) is 12.3 Å². The molecule has 1 heterocycles. The molecule has 0 saturated heterocycles. The molecule has 1 atom stereocenters. The molecule has 0 saturated carbocycles. The summed E-state index contributed by atoms with van der Waals surface area (Å²) < 4.78 is 26.7. The standard InChI is InChI=1S/C9H13NO4S/c1-7(6-15(2,12)13)10-9(11)8-4-3-5-14-8/h3-5,7H,6H2,1-2H3,(H,10,11). The summed E-state index contributed by atoms with van der Waals surface area (Å²) in [6.45, 7) is 1.63. The lowest BCUT2D eigenvalue weighted by Gasteiger charge is -2.10.